The van der Waals surface area contributed by atoms with E-state index in [1.165, 1.54) is 0 Å². The van der Waals surface area contributed by atoms with Crippen molar-refractivity contribution in [2.24, 2.45) is 5.92 Å². The first-order valence-electron chi connectivity index (χ1n) is 10.8. The number of cyclic esters (lactones) is 1. The lowest BCUT2D eigenvalue weighted by molar-refractivity contribution is -0.139. The van der Waals surface area contributed by atoms with Crippen molar-refractivity contribution in [2.75, 3.05) is 32.7 Å². The van der Waals surface area contributed by atoms with Gasteiger partial charge in [0, 0.05) is 36.7 Å². The second-order valence-electron chi connectivity index (χ2n) is 8.35. The van der Waals surface area contributed by atoms with Gasteiger partial charge in [-0.05, 0) is 25.9 Å². The molecule has 6 nitrogen and oxygen atoms in total. The third-order valence-corrected chi connectivity index (χ3v) is 6.74. The normalized spacial score (nSPS) is 23.0. The number of hydrogen-bond acceptors (Lipinski definition) is 4. The Morgan fingerprint density at radius 1 is 0.935 bits per heavy atom. The van der Waals surface area contributed by atoms with Gasteiger partial charge in [-0.25, -0.2) is 4.79 Å². The molecule has 3 fully saturated rings. The Labute approximate surface area is 189 Å². The Hall–Kier alpha value is -2.57. The smallest absolute Gasteiger partial charge is 0.411 e. The van der Waals surface area contributed by atoms with Gasteiger partial charge in [0.2, 0.25) is 5.91 Å². The van der Waals surface area contributed by atoms with Crippen molar-refractivity contribution >= 4 is 24.4 Å². The van der Waals surface area contributed by atoms with Crippen LogP contribution in [0.15, 0.2) is 60.7 Å². The number of amides is 2. The van der Waals surface area contributed by atoms with Gasteiger partial charge in [-0.1, -0.05) is 60.7 Å². The first-order valence-corrected chi connectivity index (χ1v) is 10.8. The Morgan fingerprint density at radius 2 is 1.52 bits per heavy atom. The molecular weight excluding hydrogens is 414 g/mol. The molecule has 0 aromatic heterocycles. The molecule has 1 N–H and O–H groups in total. The van der Waals surface area contributed by atoms with Crippen LogP contribution >= 0.6 is 12.4 Å². The van der Waals surface area contributed by atoms with E-state index >= 15 is 0 Å². The summed E-state index contributed by atoms with van der Waals surface area (Å²) in [6.45, 7) is 3.33. The number of nitrogens with one attached hydrogen (secondary N) is 1. The molecule has 1 atom stereocenters. The van der Waals surface area contributed by atoms with Crippen LogP contribution in [0.25, 0.3) is 0 Å². The number of carbonyl (C=O) groups excluding carboxylic acids is 2. The Bertz CT molecular complexity index is 879. The molecule has 5 rings (SSSR count). The van der Waals surface area contributed by atoms with Gasteiger partial charge >= 0.3 is 6.09 Å². The molecule has 2 amide bonds. The maximum atomic E-state index is 13.3. The van der Waals surface area contributed by atoms with Crippen LogP contribution in [-0.2, 0) is 15.1 Å². The van der Waals surface area contributed by atoms with Crippen molar-refractivity contribution < 1.29 is 14.3 Å². The summed E-state index contributed by atoms with van der Waals surface area (Å²) in [7, 11) is 0. The lowest BCUT2D eigenvalue weighted by Gasteiger charge is -2.43. The Kier molecular flexibility index (Phi) is 6.21. The van der Waals surface area contributed by atoms with E-state index in [0.29, 0.717) is 19.6 Å². The zero-order valence-corrected chi connectivity index (χ0v) is 18.2. The molecule has 1 unspecified atom stereocenters. The number of piperazine rings is 1. The highest BCUT2D eigenvalue weighted by atomic mass is 35.5. The minimum atomic E-state index is -0.924. The monoisotopic (exact) mass is 441 g/mol. The maximum Gasteiger partial charge on any atom is 0.411 e. The number of rotatable bonds is 3. The first kappa shape index (κ1) is 21.7. The standard InChI is InChI=1S/C24H27N3O3.ClH/c28-22(18-11-13-25-14-12-18)26-15-16-27-21(17-26)24(30-23(27)29,19-7-3-1-4-8-19)20-9-5-2-6-10-20;/h1-10,18,21,25H,11-17H2;1H. The minimum Gasteiger partial charge on any atom is -0.431 e. The van der Waals surface area contributed by atoms with Gasteiger partial charge in [0.15, 0.2) is 5.60 Å². The van der Waals surface area contributed by atoms with Crippen molar-refractivity contribution in [2.45, 2.75) is 24.5 Å². The van der Waals surface area contributed by atoms with Crippen LogP contribution in [0.4, 0.5) is 4.79 Å². The molecule has 3 heterocycles. The second-order valence-corrected chi connectivity index (χ2v) is 8.35. The molecular formula is C24H28ClN3O3. The molecule has 164 valence electrons. The average Bonchev–Trinajstić information content (AvgIpc) is 3.13. The molecule has 3 aliphatic heterocycles. The Morgan fingerprint density at radius 3 is 2.10 bits per heavy atom. The lowest BCUT2D eigenvalue weighted by atomic mass is 9.79. The summed E-state index contributed by atoms with van der Waals surface area (Å²) >= 11 is 0. The van der Waals surface area contributed by atoms with Crippen molar-refractivity contribution in [3.63, 3.8) is 0 Å². The molecule has 3 saturated heterocycles. The number of ether oxygens (including phenoxy) is 1. The molecule has 0 aliphatic carbocycles. The summed E-state index contributed by atoms with van der Waals surface area (Å²) in [5, 5.41) is 3.33. The molecule has 31 heavy (non-hydrogen) atoms. The van der Waals surface area contributed by atoms with Crippen LogP contribution in [0.3, 0.4) is 0 Å². The molecule has 0 saturated carbocycles. The second kappa shape index (κ2) is 8.89. The van der Waals surface area contributed by atoms with Crippen LogP contribution in [0.2, 0.25) is 0 Å². The van der Waals surface area contributed by atoms with Crippen LogP contribution < -0.4 is 5.32 Å². The van der Waals surface area contributed by atoms with E-state index in [1.54, 1.807) is 0 Å². The predicted octanol–water partition coefficient (Wildman–Crippen LogP) is 3.01. The highest BCUT2D eigenvalue weighted by Gasteiger charge is 2.58. The molecule has 2 aromatic rings. The van der Waals surface area contributed by atoms with Gasteiger partial charge in [0.05, 0.1) is 0 Å². The van der Waals surface area contributed by atoms with Crippen LogP contribution in [0.5, 0.6) is 0 Å². The van der Waals surface area contributed by atoms with Crippen molar-refractivity contribution in [3.05, 3.63) is 71.8 Å². The number of fused-ring (bicyclic) bond motifs is 1. The average molecular weight is 442 g/mol. The SMILES string of the molecule is Cl.O=C(C1CCNCC1)N1CCN2C(=O)OC(c3ccccc3)(c3ccccc3)C2C1. The maximum absolute atomic E-state index is 13.3. The molecule has 7 heteroatoms. The third-order valence-electron chi connectivity index (χ3n) is 6.74. The number of carbonyl (C=O) groups is 2. The highest BCUT2D eigenvalue weighted by Crippen LogP contribution is 2.45. The summed E-state index contributed by atoms with van der Waals surface area (Å²) in [6, 6.07) is 19.6. The number of nitrogens with zero attached hydrogens (tertiary/aromatic N) is 2. The molecule has 2 aromatic carbocycles. The van der Waals surface area contributed by atoms with E-state index in [9.17, 15) is 9.59 Å². The summed E-state index contributed by atoms with van der Waals surface area (Å²) in [6.07, 6.45) is 1.45. The van der Waals surface area contributed by atoms with Gasteiger partial charge in [0.1, 0.15) is 6.04 Å². The molecule has 0 spiro atoms. The van der Waals surface area contributed by atoms with Crippen molar-refractivity contribution in [1.29, 1.82) is 0 Å². The zero-order valence-electron chi connectivity index (χ0n) is 17.4. The van der Waals surface area contributed by atoms with Gasteiger partial charge in [-0.3, -0.25) is 9.69 Å². The number of hydrogen-bond donors (Lipinski definition) is 1. The van der Waals surface area contributed by atoms with E-state index in [-0.39, 0.29) is 36.4 Å². The van der Waals surface area contributed by atoms with E-state index in [1.807, 2.05) is 70.5 Å². The lowest BCUT2D eigenvalue weighted by Crippen LogP contribution is -2.59. The summed E-state index contributed by atoms with van der Waals surface area (Å²) in [4.78, 5) is 30.0. The number of benzene rings is 2. The number of halogens is 1. The highest BCUT2D eigenvalue weighted by molar-refractivity contribution is 5.85. The van der Waals surface area contributed by atoms with E-state index < -0.39 is 5.60 Å². The van der Waals surface area contributed by atoms with Crippen molar-refractivity contribution in [3.8, 4) is 0 Å². The molecule has 0 radical (unpaired) electrons. The van der Waals surface area contributed by atoms with E-state index in [4.69, 9.17) is 4.74 Å². The molecule has 0 bridgehead atoms. The van der Waals surface area contributed by atoms with Gasteiger partial charge in [0.25, 0.3) is 0 Å². The van der Waals surface area contributed by atoms with Crippen LogP contribution in [0.1, 0.15) is 24.0 Å². The van der Waals surface area contributed by atoms with Crippen molar-refractivity contribution in [1.82, 2.24) is 15.1 Å². The van der Waals surface area contributed by atoms with Gasteiger partial charge in [-0.15, -0.1) is 12.4 Å². The van der Waals surface area contributed by atoms with E-state index in [0.717, 1.165) is 37.1 Å². The fraction of sp³-hybridized carbons (Fsp3) is 0.417. The largest absolute Gasteiger partial charge is 0.431 e. The first-order chi connectivity index (χ1) is 14.7. The van der Waals surface area contributed by atoms with Gasteiger partial charge in [-0.2, -0.15) is 0 Å². The summed E-state index contributed by atoms with van der Waals surface area (Å²) < 4.78 is 6.18. The fourth-order valence-electron chi connectivity index (χ4n) is 5.18. The summed E-state index contributed by atoms with van der Waals surface area (Å²) in [5.74, 6) is 0.282. The van der Waals surface area contributed by atoms with E-state index in [2.05, 4.69) is 5.32 Å². The minimum absolute atomic E-state index is 0. The fourth-order valence-corrected chi connectivity index (χ4v) is 5.18. The Balaban J connectivity index is 0.00000231. The third kappa shape index (κ3) is 3.68. The van der Waals surface area contributed by atoms with Crippen LogP contribution in [-0.4, -0.2) is 60.6 Å². The predicted molar refractivity (Wildman–Crippen MR) is 120 cm³/mol. The molecule has 3 aliphatic rings. The zero-order chi connectivity index (χ0) is 20.6. The quantitative estimate of drug-likeness (QED) is 0.795. The van der Waals surface area contributed by atoms with Crippen LogP contribution in [0, 0.1) is 5.92 Å². The summed E-state index contributed by atoms with van der Waals surface area (Å²) in [5.41, 5.74) is 0.952. The van der Waals surface area contributed by atoms with Gasteiger partial charge < -0.3 is 15.0 Å². The number of piperidine rings is 1. The topological polar surface area (TPSA) is 61.9 Å².